The molecule has 3 aromatic carbocycles. The molecule has 4 aromatic rings. The van der Waals surface area contributed by atoms with Gasteiger partial charge in [-0.2, -0.15) is 0 Å². The fourth-order valence-corrected chi connectivity index (χ4v) is 3.80. The molecule has 0 amide bonds. The molecule has 1 aliphatic heterocycles. The molecule has 1 aromatic heterocycles. The van der Waals surface area contributed by atoms with Crippen molar-refractivity contribution in [2.24, 2.45) is 0 Å². The molecule has 1 atom stereocenters. The maximum atomic E-state index is 10.3. The monoisotopic (exact) mass is 382 g/mol. The molecule has 5 heteroatoms. The molecular weight excluding hydrogens is 360 g/mol. The smallest absolute Gasteiger partial charge is 0.165 e. The number of hydrogen-bond acceptors (Lipinski definition) is 5. The SMILES string of the molecule is Oc1ccccc1-c1nc(N[C@H]2CCNC2)c2ccc(-c3ccccc3)cc2n1. The Morgan fingerprint density at radius 3 is 2.52 bits per heavy atom. The van der Waals surface area contributed by atoms with Gasteiger partial charge in [-0.3, -0.25) is 0 Å². The van der Waals surface area contributed by atoms with E-state index in [-0.39, 0.29) is 5.75 Å². The van der Waals surface area contributed by atoms with Crippen molar-refractivity contribution in [3.05, 3.63) is 72.8 Å². The highest BCUT2D eigenvalue weighted by Gasteiger charge is 2.18. The lowest BCUT2D eigenvalue weighted by atomic mass is 10.0. The second-order valence-corrected chi connectivity index (χ2v) is 7.34. The zero-order valence-corrected chi connectivity index (χ0v) is 16.0. The highest BCUT2D eigenvalue weighted by molar-refractivity contribution is 5.93. The molecule has 1 aliphatic rings. The van der Waals surface area contributed by atoms with Crippen LogP contribution in [-0.4, -0.2) is 34.2 Å². The van der Waals surface area contributed by atoms with E-state index in [4.69, 9.17) is 9.97 Å². The molecular formula is C24H22N4O. The minimum Gasteiger partial charge on any atom is -0.507 e. The van der Waals surface area contributed by atoms with E-state index in [1.807, 2.05) is 30.3 Å². The van der Waals surface area contributed by atoms with Crippen molar-refractivity contribution >= 4 is 16.7 Å². The third-order valence-corrected chi connectivity index (χ3v) is 5.35. The zero-order chi connectivity index (χ0) is 19.6. The van der Waals surface area contributed by atoms with Crippen LogP contribution in [0.5, 0.6) is 5.75 Å². The van der Waals surface area contributed by atoms with Gasteiger partial charge < -0.3 is 15.7 Å². The van der Waals surface area contributed by atoms with Gasteiger partial charge in [-0.05, 0) is 48.4 Å². The summed E-state index contributed by atoms with van der Waals surface area (Å²) < 4.78 is 0. The van der Waals surface area contributed by atoms with Crippen molar-refractivity contribution in [3.8, 4) is 28.3 Å². The second kappa shape index (κ2) is 7.53. The summed E-state index contributed by atoms with van der Waals surface area (Å²) in [5, 5.41) is 18.3. The predicted molar refractivity (Wildman–Crippen MR) is 117 cm³/mol. The Labute approximate surface area is 169 Å². The number of anilines is 1. The summed E-state index contributed by atoms with van der Waals surface area (Å²) in [7, 11) is 0. The number of benzene rings is 3. The summed E-state index contributed by atoms with van der Waals surface area (Å²) in [5.41, 5.74) is 3.74. The van der Waals surface area contributed by atoms with E-state index in [1.165, 1.54) is 0 Å². The van der Waals surface area contributed by atoms with Gasteiger partial charge in [0.2, 0.25) is 0 Å². The molecule has 29 heavy (non-hydrogen) atoms. The third kappa shape index (κ3) is 3.52. The Bertz CT molecular complexity index is 1150. The number of rotatable bonds is 4. The quantitative estimate of drug-likeness (QED) is 0.487. The minimum absolute atomic E-state index is 0.180. The number of phenols is 1. The van der Waals surface area contributed by atoms with Gasteiger partial charge in [0.1, 0.15) is 11.6 Å². The van der Waals surface area contributed by atoms with Crippen LogP contribution in [0.4, 0.5) is 5.82 Å². The Morgan fingerprint density at radius 1 is 0.897 bits per heavy atom. The lowest BCUT2D eigenvalue weighted by Gasteiger charge is -2.16. The van der Waals surface area contributed by atoms with Gasteiger partial charge in [-0.15, -0.1) is 0 Å². The summed E-state index contributed by atoms with van der Waals surface area (Å²) in [6.07, 6.45) is 1.06. The van der Waals surface area contributed by atoms with E-state index >= 15 is 0 Å². The first kappa shape index (κ1) is 17.6. The zero-order valence-electron chi connectivity index (χ0n) is 16.0. The molecule has 1 fully saturated rings. The first-order valence-corrected chi connectivity index (χ1v) is 9.91. The summed E-state index contributed by atoms with van der Waals surface area (Å²) in [6, 6.07) is 24.1. The first-order valence-electron chi connectivity index (χ1n) is 9.91. The van der Waals surface area contributed by atoms with Crippen LogP contribution in [0.2, 0.25) is 0 Å². The normalized spacial score (nSPS) is 16.2. The molecule has 0 spiro atoms. The van der Waals surface area contributed by atoms with Gasteiger partial charge in [0.15, 0.2) is 5.82 Å². The van der Waals surface area contributed by atoms with E-state index in [2.05, 4.69) is 41.0 Å². The van der Waals surface area contributed by atoms with Gasteiger partial charge in [0.05, 0.1) is 11.1 Å². The van der Waals surface area contributed by atoms with E-state index in [0.717, 1.165) is 47.4 Å². The topological polar surface area (TPSA) is 70.1 Å². The maximum Gasteiger partial charge on any atom is 0.165 e. The van der Waals surface area contributed by atoms with E-state index in [1.54, 1.807) is 12.1 Å². The van der Waals surface area contributed by atoms with Gasteiger partial charge >= 0.3 is 0 Å². The predicted octanol–water partition coefficient (Wildman–Crippen LogP) is 4.44. The number of hydrogen-bond donors (Lipinski definition) is 3. The number of nitrogens with zero attached hydrogens (tertiary/aromatic N) is 2. The molecule has 0 unspecified atom stereocenters. The van der Waals surface area contributed by atoms with Crippen LogP contribution in [0, 0.1) is 0 Å². The lowest BCUT2D eigenvalue weighted by Crippen LogP contribution is -2.23. The fraction of sp³-hybridized carbons (Fsp3) is 0.167. The molecule has 144 valence electrons. The van der Waals surface area contributed by atoms with Crippen molar-refractivity contribution in [3.63, 3.8) is 0 Å². The minimum atomic E-state index is 0.180. The maximum absolute atomic E-state index is 10.3. The van der Waals surface area contributed by atoms with Crippen LogP contribution in [0.15, 0.2) is 72.8 Å². The number of aromatic hydroxyl groups is 1. The molecule has 2 heterocycles. The Kier molecular flexibility index (Phi) is 4.58. The summed E-state index contributed by atoms with van der Waals surface area (Å²) >= 11 is 0. The van der Waals surface area contributed by atoms with Crippen LogP contribution in [-0.2, 0) is 0 Å². The number of aromatic nitrogens is 2. The molecule has 3 N–H and O–H groups in total. The highest BCUT2D eigenvalue weighted by atomic mass is 16.3. The Hall–Kier alpha value is -3.44. The molecule has 0 aliphatic carbocycles. The van der Waals surface area contributed by atoms with Gasteiger partial charge in [-0.25, -0.2) is 9.97 Å². The highest BCUT2D eigenvalue weighted by Crippen LogP contribution is 2.32. The van der Waals surface area contributed by atoms with Crippen LogP contribution >= 0.6 is 0 Å². The van der Waals surface area contributed by atoms with Crippen LogP contribution in [0.25, 0.3) is 33.4 Å². The van der Waals surface area contributed by atoms with Crippen LogP contribution in [0.1, 0.15) is 6.42 Å². The molecule has 1 saturated heterocycles. The average Bonchev–Trinajstić information content (AvgIpc) is 3.27. The molecule has 0 radical (unpaired) electrons. The Balaban J connectivity index is 1.67. The Morgan fingerprint density at radius 2 is 1.72 bits per heavy atom. The number of phenolic OH excluding ortho intramolecular Hbond substituents is 1. The number of nitrogens with one attached hydrogen (secondary N) is 2. The third-order valence-electron chi connectivity index (χ3n) is 5.35. The molecule has 0 saturated carbocycles. The average molecular weight is 382 g/mol. The van der Waals surface area contributed by atoms with Crippen LogP contribution < -0.4 is 10.6 Å². The fourth-order valence-electron chi connectivity index (χ4n) is 3.80. The van der Waals surface area contributed by atoms with Crippen molar-refractivity contribution < 1.29 is 5.11 Å². The second-order valence-electron chi connectivity index (χ2n) is 7.34. The van der Waals surface area contributed by atoms with Crippen molar-refractivity contribution in [2.45, 2.75) is 12.5 Å². The number of para-hydroxylation sites is 1. The standard InChI is InChI=1S/C24H22N4O/c29-22-9-5-4-8-20(22)24-27-21-14-17(16-6-2-1-3-7-16)10-11-19(21)23(28-24)26-18-12-13-25-15-18/h1-11,14,18,25,29H,12-13,15H2,(H,26,27,28)/t18-/m0/s1. The van der Waals surface area contributed by atoms with Gasteiger partial charge in [-0.1, -0.05) is 48.5 Å². The first-order chi connectivity index (χ1) is 14.3. The van der Waals surface area contributed by atoms with Gasteiger partial charge in [0, 0.05) is 18.0 Å². The molecule has 5 nitrogen and oxygen atoms in total. The molecule has 5 rings (SSSR count). The van der Waals surface area contributed by atoms with E-state index < -0.39 is 0 Å². The van der Waals surface area contributed by atoms with Crippen molar-refractivity contribution in [2.75, 3.05) is 18.4 Å². The summed E-state index contributed by atoms with van der Waals surface area (Å²) in [4.78, 5) is 9.59. The molecule has 0 bridgehead atoms. The summed E-state index contributed by atoms with van der Waals surface area (Å²) in [5.74, 6) is 1.51. The lowest BCUT2D eigenvalue weighted by molar-refractivity contribution is 0.477. The van der Waals surface area contributed by atoms with E-state index in [9.17, 15) is 5.11 Å². The largest absolute Gasteiger partial charge is 0.507 e. The van der Waals surface area contributed by atoms with Crippen molar-refractivity contribution in [1.29, 1.82) is 0 Å². The number of fused-ring (bicyclic) bond motifs is 1. The van der Waals surface area contributed by atoms with Gasteiger partial charge in [0.25, 0.3) is 0 Å². The summed E-state index contributed by atoms with van der Waals surface area (Å²) in [6.45, 7) is 1.92. The van der Waals surface area contributed by atoms with Crippen molar-refractivity contribution in [1.82, 2.24) is 15.3 Å². The van der Waals surface area contributed by atoms with Crippen LogP contribution in [0.3, 0.4) is 0 Å². The van der Waals surface area contributed by atoms with E-state index in [0.29, 0.717) is 17.4 Å².